The summed E-state index contributed by atoms with van der Waals surface area (Å²) >= 11 is 0. The molecule has 2 rings (SSSR count). The summed E-state index contributed by atoms with van der Waals surface area (Å²) in [5.74, 6) is 0. The van der Waals surface area contributed by atoms with Gasteiger partial charge in [0.25, 0.3) is 0 Å². The first kappa shape index (κ1) is 8.21. The van der Waals surface area contributed by atoms with Crippen molar-refractivity contribution in [2.45, 2.75) is 63.8 Å². The average molecular weight is 251 g/mol. The molecule has 0 heterocycles. The van der Waals surface area contributed by atoms with E-state index in [1.807, 2.05) is 12.1 Å². The topological polar surface area (TPSA) is 38.0 Å². The van der Waals surface area contributed by atoms with Gasteiger partial charge >= 0.3 is 0 Å². The lowest BCUT2D eigenvalue weighted by molar-refractivity contribution is 0.411. The van der Waals surface area contributed by atoms with Crippen molar-refractivity contribution in [2.75, 3.05) is 5.32 Å². The van der Waals surface area contributed by atoms with Crippen molar-refractivity contribution in [3.8, 4) is 0 Å². The van der Waals surface area contributed by atoms with E-state index in [-0.39, 0.29) is 18.3 Å². The molecule has 1 aromatic rings. The Morgan fingerprint density at radius 1 is 1.22 bits per heavy atom. The molecule has 100 valence electrons. The van der Waals surface area contributed by atoms with Crippen LogP contribution in [0.1, 0.15) is 58.8 Å². The highest BCUT2D eigenvalue weighted by atomic mass is 14.9. The fraction of sp³-hybridized carbons (Fsp3) is 0.625. The molecule has 2 heteroatoms. The van der Waals surface area contributed by atoms with Crippen LogP contribution >= 0.6 is 0 Å². The van der Waals surface area contributed by atoms with E-state index < -0.39 is 24.8 Å². The zero-order chi connectivity index (χ0) is 17.7. The molecule has 1 saturated carbocycles. The molecule has 0 bridgehead atoms. The van der Waals surface area contributed by atoms with E-state index in [4.69, 9.17) is 12.6 Å². The van der Waals surface area contributed by atoms with Gasteiger partial charge in [0.1, 0.15) is 0 Å². The van der Waals surface area contributed by atoms with Crippen LogP contribution in [0.25, 0.3) is 0 Å². The van der Waals surface area contributed by atoms with Crippen LogP contribution in [0.15, 0.2) is 24.3 Å². The first-order valence-corrected chi connectivity index (χ1v) is 6.43. The van der Waals surface area contributed by atoms with Crippen molar-refractivity contribution in [1.82, 2.24) is 0 Å². The molecular weight excluding hydrogens is 220 g/mol. The summed E-state index contributed by atoms with van der Waals surface area (Å²) in [5, 5.41) is 2.80. The maximum absolute atomic E-state index is 8.51. The molecule has 0 unspecified atom stereocenters. The number of rotatable bonds is 2. The standard InChI is InChI=1S/C16H26N2/c1-16(2,3)12-4-8-14(9-5-12)18-15-10-6-13(17)7-11-15/h4-5,8-9,13,15,18H,6-7,10-11,17H2,1-3H3/i10D2,11D2,15D. The normalized spacial score (nSPS) is 38.7. The smallest absolute Gasteiger partial charge is 0.0527 e. The van der Waals surface area contributed by atoms with E-state index in [1.54, 1.807) is 12.1 Å². The molecule has 2 nitrogen and oxygen atoms in total. The van der Waals surface area contributed by atoms with Crippen LogP contribution in [0.5, 0.6) is 0 Å². The minimum absolute atomic E-state index is 0.00198. The van der Waals surface area contributed by atoms with Crippen LogP contribution in [0.4, 0.5) is 5.69 Å². The molecule has 3 N–H and O–H groups in total. The molecule has 0 amide bonds. The molecule has 0 spiro atoms. The third-order valence-electron chi connectivity index (χ3n) is 3.10. The quantitative estimate of drug-likeness (QED) is 0.841. The maximum Gasteiger partial charge on any atom is 0.0527 e. The number of anilines is 1. The van der Waals surface area contributed by atoms with Crippen LogP contribution < -0.4 is 11.1 Å². The van der Waals surface area contributed by atoms with Gasteiger partial charge in [-0.1, -0.05) is 32.9 Å². The van der Waals surface area contributed by atoms with Crippen molar-refractivity contribution < 1.29 is 6.85 Å². The third kappa shape index (κ3) is 3.49. The minimum atomic E-state index is -2.08. The first-order chi connectivity index (χ1) is 10.3. The second-order valence-electron chi connectivity index (χ2n) is 5.85. The molecule has 1 aliphatic carbocycles. The molecule has 0 aromatic heterocycles. The van der Waals surface area contributed by atoms with Gasteiger partial charge in [-0.15, -0.1) is 0 Å². The molecule has 0 radical (unpaired) electrons. The van der Waals surface area contributed by atoms with Gasteiger partial charge in [-0.05, 0) is 48.7 Å². The van der Waals surface area contributed by atoms with Gasteiger partial charge < -0.3 is 11.1 Å². The highest BCUT2D eigenvalue weighted by Crippen LogP contribution is 2.25. The lowest BCUT2D eigenvalue weighted by Crippen LogP contribution is -2.32. The number of hydrogen-bond donors (Lipinski definition) is 2. The molecule has 0 aliphatic heterocycles. The molecule has 18 heavy (non-hydrogen) atoms. The van der Waals surface area contributed by atoms with Crippen molar-refractivity contribution in [3.63, 3.8) is 0 Å². The zero-order valence-corrected chi connectivity index (χ0v) is 11.4. The van der Waals surface area contributed by atoms with Crippen LogP contribution in [0, 0.1) is 0 Å². The van der Waals surface area contributed by atoms with Crippen molar-refractivity contribution in [2.24, 2.45) is 5.73 Å². The van der Waals surface area contributed by atoms with Crippen molar-refractivity contribution in [3.05, 3.63) is 29.8 Å². The summed E-state index contributed by atoms with van der Waals surface area (Å²) in [7, 11) is 0. The van der Waals surface area contributed by atoms with E-state index in [0.29, 0.717) is 5.69 Å². The van der Waals surface area contributed by atoms with Crippen molar-refractivity contribution >= 4 is 5.69 Å². The zero-order valence-electron chi connectivity index (χ0n) is 16.4. The Kier molecular flexibility index (Phi) is 2.42. The first-order valence-electron chi connectivity index (χ1n) is 8.93. The van der Waals surface area contributed by atoms with E-state index in [0.717, 1.165) is 5.56 Å². The van der Waals surface area contributed by atoms with Gasteiger partial charge in [0, 0.05) is 23.2 Å². The van der Waals surface area contributed by atoms with Gasteiger partial charge in [0.05, 0.1) is 1.37 Å². The van der Waals surface area contributed by atoms with Gasteiger partial charge in [-0.25, -0.2) is 0 Å². The Hall–Kier alpha value is -1.02. The lowest BCUT2D eigenvalue weighted by atomic mass is 9.87. The van der Waals surface area contributed by atoms with Gasteiger partial charge in [-0.3, -0.25) is 0 Å². The summed E-state index contributed by atoms with van der Waals surface area (Å²) in [6, 6.07) is 4.73. The number of nitrogens with two attached hydrogens (primary N) is 1. The summed E-state index contributed by atoms with van der Waals surface area (Å²) in [4.78, 5) is 0. The minimum Gasteiger partial charge on any atom is -0.382 e. The van der Waals surface area contributed by atoms with E-state index in [1.165, 1.54) is 0 Å². The average Bonchev–Trinajstić information content (AvgIpc) is 2.34. The molecule has 1 fully saturated rings. The third-order valence-corrected chi connectivity index (χ3v) is 3.10. The number of nitrogens with one attached hydrogen (secondary N) is 1. The fourth-order valence-corrected chi connectivity index (χ4v) is 1.89. The van der Waals surface area contributed by atoms with Crippen LogP contribution in [0.2, 0.25) is 0 Å². The predicted molar refractivity (Wildman–Crippen MR) is 79.0 cm³/mol. The molecule has 0 saturated heterocycles. The molecular formula is C16H26N2. The second kappa shape index (κ2) is 5.31. The summed E-state index contributed by atoms with van der Waals surface area (Å²) in [6.07, 6.45) is -4.22. The summed E-state index contributed by atoms with van der Waals surface area (Å²) < 4.78 is 41.1. The fourth-order valence-electron chi connectivity index (χ4n) is 1.89. The Balaban J connectivity index is 2.32. The number of benzene rings is 1. The maximum atomic E-state index is 8.51. The highest BCUT2D eigenvalue weighted by Gasteiger charge is 2.18. The Labute approximate surface area is 118 Å². The van der Waals surface area contributed by atoms with E-state index in [2.05, 4.69) is 26.1 Å². The highest BCUT2D eigenvalue weighted by molar-refractivity contribution is 5.46. The van der Waals surface area contributed by atoms with Gasteiger partial charge in [-0.2, -0.15) is 0 Å². The van der Waals surface area contributed by atoms with Crippen LogP contribution in [-0.4, -0.2) is 12.1 Å². The second-order valence-corrected chi connectivity index (χ2v) is 5.85. The monoisotopic (exact) mass is 251 g/mol. The Morgan fingerprint density at radius 2 is 1.78 bits per heavy atom. The predicted octanol–water partition coefficient (Wildman–Crippen LogP) is 3.67. The van der Waals surface area contributed by atoms with Gasteiger partial charge in [0.15, 0.2) is 0 Å². The molecule has 1 aromatic carbocycles. The molecule has 0 atom stereocenters. The SMILES string of the molecule is [2H]C1([2H])CC(N)CC([2H])([2H])C1([2H])Nc1ccc(C(C)(C)C)cc1. The number of hydrogen-bond acceptors (Lipinski definition) is 2. The van der Waals surface area contributed by atoms with E-state index in [9.17, 15) is 0 Å². The lowest BCUT2D eigenvalue weighted by Gasteiger charge is -2.28. The van der Waals surface area contributed by atoms with Crippen LogP contribution in [-0.2, 0) is 5.41 Å². The molecule has 1 aliphatic rings. The van der Waals surface area contributed by atoms with Crippen molar-refractivity contribution in [1.29, 1.82) is 0 Å². The largest absolute Gasteiger partial charge is 0.382 e. The Bertz CT molecular complexity index is 545. The van der Waals surface area contributed by atoms with Gasteiger partial charge in [0.2, 0.25) is 0 Å². The van der Waals surface area contributed by atoms with E-state index >= 15 is 0 Å². The summed E-state index contributed by atoms with van der Waals surface area (Å²) in [6.45, 7) is 6.30. The summed E-state index contributed by atoms with van der Waals surface area (Å²) in [5.41, 5.74) is 7.44. The Morgan fingerprint density at radius 3 is 2.28 bits per heavy atom. The van der Waals surface area contributed by atoms with Crippen LogP contribution in [0.3, 0.4) is 0 Å².